The summed E-state index contributed by atoms with van der Waals surface area (Å²) in [5.41, 5.74) is 0. The fourth-order valence-corrected chi connectivity index (χ4v) is 2.58. The van der Waals surface area contributed by atoms with Crippen LogP contribution in [0.5, 0.6) is 0 Å². The molecule has 1 aromatic heterocycles. The summed E-state index contributed by atoms with van der Waals surface area (Å²) < 4.78 is 5.19. The molecular weight excluding hydrogens is 220 g/mol. The van der Waals surface area contributed by atoms with Crippen molar-refractivity contribution in [2.45, 2.75) is 45.4 Å². The molecule has 0 saturated heterocycles. The van der Waals surface area contributed by atoms with E-state index in [0.29, 0.717) is 24.1 Å². The number of hydrogen-bond donors (Lipinski definition) is 1. The van der Waals surface area contributed by atoms with Crippen molar-refractivity contribution in [1.29, 1.82) is 0 Å². The van der Waals surface area contributed by atoms with Gasteiger partial charge in [-0.25, -0.2) is 0 Å². The SMILES string of the molecule is CCc1noc(C2CC(CC)CC2C(=O)O)n1. The third-order valence-corrected chi connectivity index (χ3v) is 3.67. The monoisotopic (exact) mass is 238 g/mol. The molecule has 0 amide bonds. The van der Waals surface area contributed by atoms with E-state index < -0.39 is 5.97 Å². The topological polar surface area (TPSA) is 76.2 Å². The molecule has 1 aliphatic carbocycles. The van der Waals surface area contributed by atoms with Crippen LogP contribution in [0.2, 0.25) is 0 Å². The number of carboxylic acids is 1. The molecule has 5 heteroatoms. The normalized spacial score (nSPS) is 28.5. The van der Waals surface area contributed by atoms with Crippen LogP contribution in [0.15, 0.2) is 4.52 Å². The smallest absolute Gasteiger partial charge is 0.307 e. The van der Waals surface area contributed by atoms with Crippen molar-refractivity contribution in [1.82, 2.24) is 10.1 Å². The Morgan fingerprint density at radius 3 is 2.76 bits per heavy atom. The van der Waals surface area contributed by atoms with E-state index >= 15 is 0 Å². The first-order valence-corrected chi connectivity index (χ1v) is 6.20. The highest BCUT2D eigenvalue weighted by Crippen LogP contribution is 2.43. The molecule has 1 fully saturated rings. The summed E-state index contributed by atoms with van der Waals surface area (Å²) >= 11 is 0. The van der Waals surface area contributed by atoms with Crippen LogP contribution >= 0.6 is 0 Å². The number of nitrogens with zero attached hydrogens (tertiary/aromatic N) is 2. The van der Waals surface area contributed by atoms with Gasteiger partial charge >= 0.3 is 5.97 Å². The van der Waals surface area contributed by atoms with Crippen molar-refractivity contribution in [2.75, 3.05) is 0 Å². The zero-order valence-corrected chi connectivity index (χ0v) is 10.2. The standard InChI is InChI=1S/C12H18N2O3/c1-3-7-5-8(9(6-7)12(15)16)11-13-10(4-2)14-17-11/h7-9H,3-6H2,1-2H3,(H,15,16). The molecular formula is C12H18N2O3. The number of hydrogen-bond acceptors (Lipinski definition) is 4. The van der Waals surface area contributed by atoms with E-state index in [2.05, 4.69) is 17.1 Å². The Hall–Kier alpha value is -1.39. The van der Waals surface area contributed by atoms with Crippen LogP contribution in [0.4, 0.5) is 0 Å². The molecule has 17 heavy (non-hydrogen) atoms. The van der Waals surface area contributed by atoms with E-state index in [1.54, 1.807) is 0 Å². The maximum atomic E-state index is 11.2. The number of carboxylic acid groups (broad SMARTS) is 1. The van der Waals surface area contributed by atoms with Crippen LogP contribution in [0, 0.1) is 11.8 Å². The first-order chi connectivity index (χ1) is 8.15. The molecule has 1 saturated carbocycles. The predicted octanol–water partition coefficient (Wildman–Crippen LogP) is 2.24. The quantitative estimate of drug-likeness (QED) is 0.870. The zero-order valence-electron chi connectivity index (χ0n) is 10.2. The lowest BCUT2D eigenvalue weighted by molar-refractivity contribution is -0.142. The van der Waals surface area contributed by atoms with E-state index in [1.807, 2.05) is 6.92 Å². The van der Waals surface area contributed by atoms with Gasteiger partial charge in [0.15, 0.2) is 5.82 Å². The van der Waals surface area contributed by atoms with Gasteiger partial charge in [0.05, 0.1) is 11.8 Å². The maximum absolute atomic E-state index is 11.2. The Morgan fingerprint density at radius 1 is 1.47 bits per heavy atom. The largest absolute Gasteiger partial charge is 0.481 e. The minimum Gasteiger partial charge on any atom is -0.481 e. The molecule has 1 heterocycles. The highest BCUT2D eigenvalue weighted by atomic mass is 16.5. The molecule has 3 unspecified atom stereocenters. The van der Waals surface area contributed by atoms with Crippen LogP contribution in [0.1, 0.15) is 50.7 Å². The number of rotatable bonds is 4. The van der Waals surface area contributed by atoms with Gasteiger partial charge in [-0.1, -0.05) is 25.4 Å². The molecule has 5 nitrogen and oxygen atoms in total. The Bertz CT molecular complexity index is 402. The fraction of sp³-hybridized carbons (Fsp3) is 0.750. The second-order valence-corrected chi connectivity index (χ2v) is 4.70. The van der Waals surface area contributed by atoms with Crippen molar-refractivity contribution in [2.24, 2.45) is 11.8 Å². The van der Waals surface area contributed by atoms with Crippen LogP contribution in [-0.4, -0.2) is 21.2 Å². The van der Waals surface area contributed by atoms with Gasteiger partial charge in [-0.3, -0.25) is 4.79 Å². The second kappa shape index (κ2) is 4.85. The highest BCUT2D eigenvalue weighted by molar-refractivity contribution is 5.71. The Labute approximate surface area is 100 Å². The lowest BCUT2D eigenvalue weighted by Gasteiger charge is -2.09. The summed E-state index contributed by atoms with van der Waals surface area (Å²) in [6.45, 7) is 4.05. The van der Waals surface area contributed by atoms with E-state index in [-0.39, 0.29) is 11.8 Å². The van der Waals surface area contributed by atoms with Crippen molar-refractivity contribution in [3.63, 3.8) is 0 Å². The van der Waals surface area contributed by atoms with Gasteiger partial charge in [-0.15, -0.1) is 0 Å². The maximum Gasteiger partial charge on any atom is 0.307 e. The second-order valence-electron chi connectivity index (χ2n) is 4.70. The molecule has 3 atom stereocenters. The van der Waals surface area contributed by atoms with Crippen LogP contribution in [-0.2, 0) is 11.2 Å². The third kappa shape index (κ3) is 2.33. The van der Waals surface area contributed by atoms with Crippen molar-refractivity contribution >= 4 is 5.97 Å². The molecule has 94 valence electrons. The molecule has 2 rings (SSSR count). The zero-order chi connectivity index (χ0) is 12.4. The summed E-state index contributed by atoms with van der Waals surface area (Å²) in [4.78, 5) is 15.5. The molecule has 0 aliphatic heterocycles. The van der Waals surface area contributed by atoms with Gasteiger partial charge in [-0.05, 0) is 18.8 Å². The lowest BCUT2D eigenvalue weighted by atomic mass is 9.96. The minimum atomic E-state index is -0.748. The minimum absolute atomic E-state index is 0.106. The molecule has 1 N–H and O–H groups in total. The van der Waals surface area contributed by atoms with Crippen molar-refractivity contribution in [3.8, 4) is 0 Å². The summed E-state index contributed by atoms with van der Waals surface area (Å²) in [5, 5.41) is 13.1. The third-order valence-electron chi connectivity index (χ3n) is 3.67. The average Bonchev–Trinajstić information content (AvgIpc) is 2.94. The first-order valence-electron chi connectivity index (χ1n) is 6.20. The summed E-state index contributed by atoms with van der Waals surface area (Å²) in [6.07, 6.45) is 3.29. The lowest BCUT2D eigenvalue weighted by Crippen LogP contribution is -2.17. The van der Waals surface area contributed by atoms with Crippen LogP contribution in [0.25, 0.3) is 0 Å². The van der Waals surface area contributed by atoms with Gasteiger partial charge in [0.2, 0.25) is 5.89 Å². The van der Waals surface area contributed by atoms with Crippen molar-refractivity contribution < 1.29 is 14.4 Å². The molecule has 0 radical (unpaired) electrons. The van der Waals surface area contributed by atoms with E-state index in [1.165, 1.54) is 0 Å². The summed E-state index contributed by atoms with van der Waals surface area (Å²) in [5.74, 6) is 0.393. The van der Waals surface area contributed by atoms with Crippen LogP contribution in [0.3, 0.4) is 0 Å². The van der Waals surface area contributed by atoms with Gasteiger partial charge in [-0.2, -0.15) is 4.98 Å². The average molecular weight is 238 g/mol. The first kappa shape index (κ1) is 12.1. The Morgan fingerprint density at radius 2 is 2.24 bits per heavy atom. The van der Waals surface area contributed by atoms with Crippen LogP contribution < -0.4 is 0 Å². The van der Waals surface area contributed by atoms with E-state index in [0.717, 1.165) is 19.3 Å². The molecule has 1 aliphatic rings. The number of carbonyl (C=O) groups is 1. The molecule has 0 spiro atoms. The number of aryl methyl sites for hydroxylation is 1. The molecule has 0 aromatic carbocycles. The van der Waals surface area contributed by atoms with Gasteiger partial charge in [0, 0.05) is 6.42 Å². The Kier molecular flexibility index (Phi) is 3.45. The van der Waals surface area contributed by atoms with Gasteiger partial charge in [0.25, 0.3) is 0 Å². The Balaban J connectivity index is 2.20. The fourth-order valence-electron chi connectivity index (χ4n) is 2.58. The summed E-state index contributed by atoms with van der Waals surface area (Å²) in [6, 6.07) is 0. The summed E-state index contributed by atoms with van der Waals surface area (Å²) in [7, 11) is 0. The molecule has 0 bridgehead atoms. The molecule has 1 aromatic rings. The van der Waals surface area contributed by atoms with Gasteiger partial charge in [0.1, 0.15) is 0 Å². The van der Waals surface area contributed by atoms with Gasteiger partial charge < -0.3 is 9.63 Å². The van der Waals surface area contributed by atoms with E-state index in [9.17, 15) is 9.90 Å². The number of aromatic nitrogens is 2. The van der Waals surface area contributed by atoms with E-state index in [4.69, 9.17) is 4.52 Å². The highest BCUT2D eigenvalue weighted by Gasteiger charge is 2.41. The van der Waals surface area contributed by atoms with Crippen molar-refractivity contribution in [3.05, 3.63) is 11.7 Å². The number of aliphatic carboxylic acids is 1. The predicted molar refractivity (Wildman–Crippen MR) is 60.6 cm³/mol.